The number of hydrogen-bond donors (Lipinski definition) is 1. The molecule has 0 aliphatic heterocycles. The highest BCUT2D eigenvalue weighted by molar-refractivity contribution is 5.94. The number of carbonyl (C=O) groups is 1. The maximum absolute atomic E-state index is 14.1. The second kappa shape index (κ2) is 7.25. The lowest BCUT2D eigenvalue weighted by atomic mass is 10.1. The number of nitrogens with zero attached hydrogens (tertiary/aromatic N) is 2. The van der Waals surface area contributed by atoms with Gasteiger partial charge >= 0.3 is 0 Å². The van der Waals surface area contributed by atoms with E-state index in [0.29, 0.717) is 23.5 Å². The number of carbonyl (C=O) groups excluding carboxylic acids is 1. The molecule has 0 saturated heterocycles. The van der Waals surface area contributed by atoms with Crippen LogP contribution in [0.5, 0.6) is 0 Å². The fourth-order valence-electron chi connectivity index (χ4n) is 2.45. The molecule has 0 aliphatic carbocycles. The molecule has 1 N–H and O–H groups in total. The van der Waals surface area contributed by atoms with Crippen LogP contribution in [0.3, 0.4) is 0 Å². The van der Waals surface area contributed by atoms with Gasteiger partial charge in [-0.05, 0) is 48.9 Å². The number of benzene rings is 2. The van der Waals surface area contributed by atoms with E-state index in [1.165, 1.54) is 41.1 Å². The second-order valence-corrected chi connectivity index (χ2v) is 5.54. The van der Waals surface area contributed by atoms with Crippen molar-refractivity contribution in [2.75, 3.05) is 6.54 Å². The van der Waals surface area contributed by atoms with Gasteiger partial charge in [0.05, 0.1) is 11.4 Å². The van der Waals surface area contributed by atoms with Crippen molar-refractivity contribution in [3.63, 3.8) is 0 Å². The summed E-state index contributed by atoms with van der Waals surface area (Å²) in [6, 6.07) is 13.4. The van der Waals surface area contributed by atoms with Crippen LogP contribution < -0.4 is 5.32 Å². The van der Waals surface area contributed by atoms with Crippen molar-refractivity contribution < 1.29 is 13.6 Å². The van der Waals surface area contributed by atoms with Crippen LogP contribution in [0.1, 0.15) is 23.8 Å². The summed E-state index contributed by atoms with van der Waals surface area (Å²) in [4.78, 5) is 12.5. The molecule has 0 atom stereocenters. The molecule has 0 aliphatic rings. The molecule has 128 valence electrons. The highest BCUT2D eigenvalue weighted by Gasteiger charge is 2.18. The molecule has 3 aromatic rings. The number of amides is 1. The Hall–Kier alpha value is -3.02. The van der Waals surface area contributed by atoms with Gasteiger partial charge in [-0.25, -0.2) is 13.5 Å². The Labute approximate surface area is 144 Å². The molecule has 0 saturated carbocycles. The summed E-state index contributed by atoms with van der Waals surface area (Å²) >= 11 is 0. The quantitative estimate of drug-likeness (QED) is 0.764. The zero-order chi connectivity index (χ0) is 17.8. The lowest BCUT2D eigenvalue weighted by Gasteiger charge is -2.07. The van der Waals surface area contributed by atoms with Crippen LogP contribution in [0.15, 0.2) is 54.6 Å². The van der Waals surface area contributed by atoms with Gasteiger partial charge in [0, 0.05) is 12.1 Å². The van der Waals surface area contributed by atoms with Crippen molar-refractivity contribution in [3.8, 4) is 16.9 Å². The third-order valence-electron chi connectivity index (χ3n) is 3.70. The Bertz CT molecular complexity index is 888. The lowest BCUT2D eigenvalue weighted by molar-refractivity contribution is 0.0946. The van der Waals surface area contributed by atoms with E-state index in [0.717, 1.165) is 6.42 Å². The molecule has 2 aromatic carbocycles. The van der Waals surface area contributed by atoms with Gasteiger partial charge in [0.25, 0.3) is 5.91 Å². The van der Waals surface area contributed by atoms with E-state index in [2.05, 4.69) is 10.4 Å². The number of nitrogens with one attached hydrogen (secondary N) is 1. The summed E-state index contributed by atoms with van der Waals surface area (Å²) in [6.45, 7) is 2.46. The SMILES string of the molecule is CCCNC(=O)c1cc(-c2ccccc2F)nn1-c1ccc(F)cc1. The van der Waals surface area contributed by atoms with Crippen molar-refractivity contribution in [1.82, 2.24) is 15.1 Å². The van der Waals surface area contributed by atoms with E-state index in [1.807, 2.05) is 6.92 Å². The largest absolute Gasteiger partial charge is 0.351 e. The first kappa shape index (κ1) is 16.8. The van der Waals surface area contributed by atoms with Gasteiger partial charge in [-0.2, -0.15) is 5.10 Å². The van der Waals surface area contributed by atoms with Crippen LogP contribution in [-0.2, 0) is 0 Å². The molecule has 6 heteroatoms. The molecule has 1 amide bonds. The zero-order valence-electron chi connectivity index (χ0n) is 13.7. The topological polar surface area (TPSA) is 46.9 Å². The lowest BCUT2D eigenvalue weighted by Crippen LogP contribution is -2.26. The zero-order valence-corrected chi connectivity index (χ0v) is 13.7. The molecule has 1 heterocycles. The Balaban J connectivity index is 2.09. The van der Waals surface area contributed by atoms with Crippen molar-refractivity contribution in [2.45, 2.75) is 13.3 Å². The molecule has 0 spiro atoms. The summed E-state index contributed by atoms with van der Waals surface area (Å²) in [7, 11) is 0. The van der Waals surface area contributed by atoms with Gasteiger partial charge in [0.15, 0.2) is 0 Å². The highest BCUT2D eigenvalue weighted by Crippen LogP contribution is 2.24. The van der Waals surface area contributed by atoms with Crippen LogP contribution in [0.2, 0.25) is 0 Å². The van der Waals surface area contributed by atoms with Crippen LogP contribution in [-0.4, -0.2) is 22.2 Å². The Kier molecular flexibility index (Phi) is 4.88. The first-order valence-electron chi connectivity index (χ1n) is 7.99. The van der Waals surface area contributed by atoms with Gasteiger partial charge < -0.3 is 5.32 Å². The van der Waals surface area contributed by atoms with Crippen LogP contribution in [0.25, 0.3) is 16.9 Å². The minimum absolute atomic E-state index is 0.262. The molecular weight excluding hydrogens is 324 g/mol. The third-order valence-corrected chi connectivity index (χ3v) is 3.70. The van der Waals surface area contributed by atoms with Gasteiger partial charge in [-0.15, -0.1) is 0 Å². The van der Waals surface area contributed by atoms with Crippen molar-refractivity contribution in [1.29, 1.82) is 0 Å². The molecule has 0 radical (unpaired) electrons. The van der Waals surface area contributed by atoms with E-state index in [-0.39, 0.29) is 17.4 Å². The molecule has 0 fully saturated rings. The average Bonchev–Trinajstić information content (AvgIpc) is 3.06. The van der Waals surface area contributed by atoms with Crippen LogP contribution in [0, 0.1) is 11.6 Å². The molecule has 0 unspecified atom stereocenters. The Morgan fingerprint density at radius 1 is 1.12 bits per heavy atom. The highest BCUT2D eigenvalue weighted by atomic mass is 19.1. The van der Waals surface area contributed by atoms with E-state index < -0.39 is 5.82 Å². The second-order valence-electron chi connectivity index (χ2n) is 5.54. The summed E-state index contributed by atoms with van der Waals surface area (Å²) < 4.78 is 28.7. The van der Waals surface area contributed by atoms with Crippen molar-refractivity contribution in [3.05, 3.63) is 71.9 Å². The summed E-state index contributed by atoms with van der Waals surface area (Å²) in [5.41, 5.74) is 1.42. The minimum atomic E-state index is -0.424. The Morgan fingerprint density at radius 2 is 1.84 bits per heavy atom. The first-order chi connectivity index (χ1) is 12.1. The fourth-order valence-corrected chi connectivity index (χ4v) is 2.45. The number of hydrogen-bond acceptors (Lipinski definition) is 2. The summed E-state index contributed by atoms with van der Waals surface area (Å²) in [5.74, 6) is -1.13. The fraction of sp³-hybridized carbons (Fsp3) is 0.158. The van der Waals surface area contributed by atoms with E-state index in [4.69, 9.17) is 0 Å². The maximum Gasteiger partial charge on any atom is 0.270 e. The third kappa shape index (κ3) is 3.57. The molecule has 3 rings (SSSR count). The van der Waals surface area contributed by atoms with Gasteiger partial charge in [-0.1, -0.05) is 19.1 Å². The minimum Gasteiger partial charge on any atom is -0.351 e. The molecule has 1 aromatic heterocycles. The first-order valence-corrected chi connectivity index (χ1v) is 7.99. The van der Waals surface area contributed by atoms with Crippen molar-refractivity contribution in [2.24, 2.45) is 0 Å². The van der Waals surface area contributed by atoms with Crippen molar-refractivity contribution >= 4 is 5.91 Å². The normalized spacial score (nSPS) is 10.7. The molecule has 0 bridgehead atoms. The van der Waals surface area contributed by atoms with E-state index in [1.54, 1.807) is 18.2 Å². The summed E-state index contributed by atoms with van der Waals surface area (Å²) in [6.07, 6.45) is 0.788. The van der Waals surface area contributed by atoms with E-state index >= 15 is 0 Å². The standard InChI is InChI=1S/C19H17F2N3O/c1-2-11-22-19(25)18-12-17(15-5-3-4-6-16(15)21)23-24(18)14-9-7-13(20)8-10-14/h3-10,12H,2,11H2,1H3,(H,22,25). The summed E-state index contributed by atoms with van der Waals surface area (Å²) in [5, 5.41) is 7.15. The van der Waals surface area contributed by atoms with Gasteiger partial charge in [-0.3, -0.25) is 4.79 Å². The predicted octanol–water partition coefficient (Wildman–Crippen LogP) is 3.96. The maximum atomic E-state index is 14.1. The Morgan fingerprint density at radius 3 is 2.52 bits per heavy atom. The monoisotopic (exact) mass is 341 g/mol. The smallest absolute Gasteiger partial charge is 0.270 e. The average molecular weight is 341 g/mol. The molecular formula is C19H17F2N3O. The van der Waals surface area contributed by atoms with E-state index in [9.17, 15) is 13.6 Å². The number of halogens is 2. The molecule has 4 nitrogen and oxygen atoms in total. The molecule has 25 heavy (non-hydrogen) atoms. The predicted molar refractivity (Wildman–Crippen MR) is 91.5 cm³/mol. The van der Waals surface area contributed by atoms with Gasteiger partial charge in [0.1, 0.15) is 17.3 Å². The van der Waals surface area contributed by atoms with Crippen LogP contribution in [0.4, 0.5) is 8.78 Å². The number of aromatic nitrogens is 2. The number of rotatable bonds is 5. The van der Waals surface area contributed by atoms with Crippen LogP contribution >= 0.6 is 0 Å². The van der Waals surface area contributed by atoms with Gasteiger partial charge in [0.2, 0.25) is 0 Å².